The second-order valence-electron chi connectivity index (χ2n) is 5.43. The Bertz CT molecular complexity index is 691. The number of benzene rings is 2. The van der Waals surface area contributed by atoms with Crippen LogP contribution < -0.4 is 0 Å². The monoisotopic (exact) mass is 290 g/mol. The molecule has 3 nitrogen and oxygen atoms in total. The standard InChI is InChI=1S/C16H18O3S/c1-16(2,17)14-8-4-12(5-9-14)13-6-10-15(11-7-13)20(3,18)19/h4-11,17H,1-3H3. The normalized spacial score (nSPS) is 12.4. The van der Waals surface area contributed by atoms with Gasteiger partial charge in [0, 0.05) is 6.26 Å². The summed E-state index contributed by atoms with van der Waals surface area (Å²) in [6.07, 6.45) is 1.19. The van der Waals surface area contributed by atoms with E-state index < -0.39 is 15.4 Å². The molecule has 106 valence electrons. The van der Waals surface area contributed by atoms with Crippen LogP contribution in [-0.4, -0.2) is 19.8 Å². The molecule has 0 unspecified atom stereocenters. The van der Waals surface area contributed by atoms with E-state index in [2.05, 4.69) is 0 Å². The van der Waals surface area contributed by atoms with Crippen LogP contribution in [0.5, 0.6) is 0 Å². The summed E-state index contributed by atoms with van der Waals surface area (Å²) in [7, 11) is -3.16. The predicted molar refractivity (Wildman–Crippen MR) is 80.2 cm³/mol. The summed E-state index contributed by atoms with van der Waals surface area (Å²) in [6.45, 7) is 3.48. The van der Waals surface area contributed by atoms with Gasteiger partial charge in [0.1, 0.15) is 0 Å². The third kappa shape index (κ3) is 3.26. The van der Waals surface area contributed by atoms with Crippen molar-refractivity contribution in [3.8, 4) is 11.1 Å². The first kappa shape index (κ1) is 14.8. The fraction of sp³-hybridized carbons (Fsp3) is 0.250. The fourth-order valence-electron chi connectivity index (χ4n) is 1.97. The van der Waals surface area contributed by atoms with Gasteiger partial charge in [0.25, 0.3) is 0 Å². The molecule has 0 aromatic heterocycles. The molecule has 0 aliphatic carbocycles. The Balaban J connectivity index is 2.33. The summed E-state index contributed by atoms with van der Waals surface area (Å²) in [5, 5.41) is 9.91. The van der Waals surface area contributed by atoms with Crippen LogP contribution >= 0.6 is 0 Å². The van der Waals surface area contributed by atoms with E-state index in [-0.39, 0.29) is 0 Å². The van der Waals surface area contributed by atoms with E-state index in [1.165, 1.54) is 6.26 Å². The van der Waals surface area contributed by atoms with Gasteiger partial charge in [0.15, 0.2) is 9.84 Å². The average molecular weight is 290 g/mol. The Kier molecular flexibility index (Phi) is 3.71. The van der Waals surface area contributed by atoms with Crippen molar-refractivity contribution in [3.05, 3.63) is 54.1 Å². The third-order valence-corrected chi connectivity index (χ3v) is 4.34. The molecule has 4 heteroatoms. The maximum atomic E-state index is 11.4. The van der Waals surface area contributed by atoms with Gasteiger partial charge in [-0.05, 0) is 42.7 Å². The number of aliphatic hydroxyl groups is 1. The zero-order valence-electron chi connectivity index (χ0n) is 11.8. The fourth-order valence-corrected chi connectivity index (χ4v) is 2.60. The lowest BCUT2D eigenvalue weighted by Crippen LogP contribution is -2.14. The molecule has 0 radical (unpaired) electrons. The van der Waals surface area contributed by atoms with Crippen LogP contribution in [0.15, 0.2) is 53.4 Å². The van der Waals surface area contributed by atoms with Gasteiger partial charge >= 0.3 is 0 Å². The van der Waals surface area contributed by atoms with Crippen LogP contribution in [-0.2, 0) is 15.4 Å². The van der Waals surface area contributed by atoms with Crippen molar-refractivity contribution in [1.82, 2.24) is 0 Å². The number of rotatable bonds is 3. The van der Waals surface area contributed by atoms with Crippen molar-refractivity contribution in [1.29, 1.82) is 0 Å². The van der Waals surface area contributed by atoms with Gasteiger partial charge in [0.2, 0.25) is 0 Å². The lowest BCUT2D eigenvalue weighted by Gasteiger charge is -2.17. The van der Waals surface area contributed by atoms with Crippen LogP contribution in [0.4, 0.5) is 0 Å². The molecule has 2 aromatic carbocycles. The first-order valence-electron chi connectivity index (χ1n) is 6.31. The Morgan fingerprint density at radius 1 is 0.850 bits per heavy atom. The molecule has 2 aromatic rings. The Labute approximate surface area is 119 Å². The van der Waals surface area contributed by atoms with E-state index in [1.54, 1.807) is 38.1 Å². The Morgan fingerprint density at radius 2 is 1.25 bits per heavy atom. The highest BCUT2D eigenvalue weighted by atomic mass is 32.2. The molecule has 0 fully saturated rings. The summed E-state index contributed by atoms with van der Waals surface area (Å²) in [6, 6.07) is 14.4. The minimum Gasteiger partial charge on any atom is -0.386 e. The van der Waals surface area contributed by atoms with Crippen LogP contribution in [0.3, 0.4) is 0 Å². The van der Waals surface area contributed by atoms with Crippen molar-refractivity contribution in [2.24, 2.45) is 0 Å². The summed E-state index contributed by atoms with van der Waals surface area (Å²) in [5.74, 6) is 0. The largest absolute Gasteiger partial charge is 0.386 e. The maximum absolute atomic E-state index is 11.4. The molecule has 2 rings (SSSR count). The van der Waals surface area contributed by atoms with Gasteiger partial charge in [-0.1, -0.05) is 36.4 Å². The molecule has 0 amide bonds. The molecule has 0 atom stereocenters. The Hall–Kier alpha value is -1.65. The highest BCUT2D eigenvalue weighted by Crippen LogP contribution is 2.25. The van der Waals surface area contributed by atoms with Crippen molar-refractivity contribution in [3.63, 3.8) is 0 Å². The Morgan fingerprint density at radius 3 is 1.60 bits per heavy atom. The van der Waals surface area contributed by atoms with E-state index in [0.717, 1.165) is 16.7 Å². The number of hydrogen-bond acceptors (Lipinski definition) is 3. The molecule has 1 N–H and O–H groups in total. The van der Waals surface area contributed by atoms with E-state index in [0.29, 0.717) is 4.90 Å². The zero-order chi connectivity index (χ0) is 15.0. The molecular formula is C16H18O3S. The SMILES string of the molecule is CC(C)(O)c1ccc(-c2ccc(S(C)(=O)=O)cc2)cc1. The van der Waals surface area contributed by atoms with Crippen molar-refractivity contribution < 1.29 is 13.5 Å². The van der Waals surface area contributed by atoms with Gasteiger partial charge in [-0.15, -0.1) is 0 Å². The first-order valence-corrected chi connectivity index (χ1v) is 8.20. The van der Waals surface area contributed by atoms with Crippen molar-refractivity contribution in [2.75, 3.05) is 6.26 Å². The average Bonchev–Trinajstić information content (AvgIpc) is 2.37. The van der Waals surface area contributed by atoms with E-state index in [9.17, 15) is 13.5 Å². The molecule has 20 heavy (non-hydrogen) atoms. The molecular weight excluding hydrogens is 272 g/mol. The summed E-state index contributed by atoms with van der Waals surface area (Å²) < 4.78 is 22.8. The number of sulfone groups is 1. The van der Waals surface area contributed by atoms with Crippen molar-refractivity contribution in [2.45, 2.75) is 24.3 Å². The predicted octanol–water partition coefficient (Wildman–Crippen LogP) is 2.98. The highest BCUT2D eigenvalue weighted by molar-refractivity contribution is 7.90. The molecule has 0 spiro atoms. The lowest BCUT2D eigenvalue weighted by atomic mass is 9.95. The second kappa shape index (κ2) is 5.04. The van der Waals surface area contributed by atoms with Gasteiger partial charge in [-0.25, -0.2) is 8.42 Å². The van der Waals surface area contributed by atoms with E-state index in [1.807, 2.05) is 24.3 Å². The molecule has 0 aliphatic rings. The van der Waals surface area contributed by atoms with E-state index >= 15 is 0 Å². The lowest BCUT2D eigenvalue weighted by molar-refractivity contribution is 0.0786. The topological polar surface area (TPSA) is 54.4 Å². The first-order chi connectivity index (χ1) is 9.18. The summed E-state index contributed by atoms with van der Waals surface area (Å²) in [5.41, 5.74) is 1.91. The van der Waals surface area contributed by atoms with Crippen LogP contribution in [0, 0.1) is 0 Å². The minimum absolute atomic E-state index is 0.314. The summed E-state index contributed by atoms with van der Waals surface area (Å²) in [4.78, 5) is 0.314. The van der Waals surface area contributed by atoms with Crippen LogP contribution in [0.1, 0.15) is 19.4 Å². The summed E-state index contributed by atoms with van der Waals surface area (Å²) >= 11 is 0. The van der Waals surface area contributed by atoms with Gasteiger partial charge < -0.3 is 5.11 Å². The molecule has 0 saturated heterocycles. The molecule has 0 saturated carbocycles. The number of hydrogen-bond donors (Lipinski definition) is 1. The van der Waals surface area contributed by atoms with E-state index in [4.69, 9.17) is 0 Å². The minimum atomic E-state index is -3.16. The van der Waals surface area contributed by atoms with Crippen LogP contribution in [0.25, 0.3) is 11.1 Å². The zero-order valence-corrected chi connectivity index (χ0v) is 12.6. The van der Waals surface area contributed by atoms with Gasteiger partial charge in [-0.2, -0.15) is 0 Å². The van der Waals surface area contributed by atoms with Crippen molar-refractivity contribution >= 4 is 9.84 Å². The smallest absolute Gasteiger partial charge is 0.175 e. The molecule has 0 aliphatic heterocycles. The maximum Gasteiger partial charge on any atom is 0.175 e. The molecule has 0 bridgehead atoms. The quantitative estimate of drug-likeness (QED) is 0.945. The van der Waals surface area contributed by atoms with Gasteiger partial charge in [-0.3, -0.25) is 0 Å². The second-order valence-corrected chi connectivity index (χ2v) is 7.45. The van der Waals surface area contributed by atoms with Crippen LogP contribution in [0.2, 0.25) is 0 Å². The highest BCUT2D eigenvalue weighted by Gasteiger charge is 2.15. The third-order valence-electron chi connectivity index (χ3n) is 3.21. The van der Waals surface area contributed by atoms with Gasteiger partial charge in [0.05, 0.1) is 10.5 Å². The molecule has 0 heterocycles.